The second-order valence-corrected chi connectivity index (χ2v) is 7.66. The highest BCUT2D eigenvalue weighted by Gasteiger charge is 2.18. The standard InChI is InChI=1S/C19H19ClN2O3S/c1-11-7-16-12(8-13(11)20)15(23)9-17(25-16)19(24)21-10-14(22(2)3)18-5-4-6-26-18/h4-9,14H,10H2,1-3H3,(H,21,24). The maximum Gasteiger partial charge on any atom is 0.287 e. The Morgan fingerprint density at radius 2 is 2.12 bits per heavy atom. The first kappa shape index (κ1) is 18.6. The van der Waals surface area contributed by atoms with Crippen LogP contribution in [0, 0.1) is 6.92 Å². The van der Waals surface area contributed by atoms with Crippen LogP contribution >= 0.6 is 22.9 Å². The van der Waals surface area contributed by atoms with Crippen LogP contribution in [0.3, 0.4) is 0 Å². The first-order valence-electron chi connectivity index (χ1n) is 8.09. The summed E-state index contributed by atoms with van der Waals surface area (Å²) in [5.74, 6) is -0.423. The van der Waals surface area contributed by atoms with E-state index in [0.29, 0.717) is 22.5 Å². The van der Waals surface area contributed by atoms with Gasteiger partial charge in [0.1, 0.15) is 5.58 Å². The van der Waals surface area contributed by atoms with Gasteiger partial charge < -0.3 is 14.6 Å². The number of amides is 1. The molecule has 0 saturated carbocycles. The molecule has 1 atom stereocenters. The number of hydrogen-bond acceptors (Lipinski definition) is 5. The second-order valence-electron chi connectivity index (χ2n) is 6.28. The average molecular weight is 391 g/mol. The van der Waals surface area contributed by atoms with Crippen LogP contribution in [0.1, 0.15) is 27.0 Å². The molecule has 0 aliphatic carbocycles. The Balaban J connectivity index is 1.83. The van der Waals surface area contributed by atoms with Gasteiger partial charge >= 0.3 is 0 Å². The van der Waals surface area contributed by atoms with Gasteiger partial charge in [0.05, 0.1) is 11.4 Å². The van der Waals surface area contributed by atoms with E-state index < -0.39 is 5.91 Å². The summed E-state index contributed by atoms with van der Waals surface area (Å²) in [7, 11) is 3.92. The van der Waals surface area contributed by atoms with Crippen LogP contribution in [0.25, 0.3) is 11.0 Å². The summed E-state index contributed by atoms with van der Waals surface area (Å²) in [6.07, 6.45) is 0. The summed E-state index contributed by atoms with van der Waals surface area (Å²) in [6, 6.07) is 8.51. The van der Waals surface area contributed by atoms with E-state index in [9.17, 15) is 9.59 Å². The van der Waals surface area contributed by atoms with E-state index in [4.69, 9.17) is 16.0 Å². The van der Waals surface area contributed by atoms with E-state index in [1.54, 1.807) is 23.5 Å². The highest BCUT2D eigenvalue weighted by atomic mass is 35.5. The maximum atomic E-state index is 12.5. The molecule has 26 heavy (non-hydrogen) atoms. The number of rotatable bonds is 5. The minimum absolute atomic E-state index is 0.00657. The molecule has 1 aromatic carbocycles. The van der Waals surface area contributed by atoms with Crippen molar-refractivity contribution < 1.29 is 9.21 Å². The Labute approximate surface area is 160 Å². The first-order chi connectivity index (χ1) is 12.4. The van der Waals surface area contributed by atoms with Crippen LogP contribution in [-0.2, 0) is 0 Å². The van der Waals surface area contributed by atoms with E-state index in [1.165, 1.54) is 6.07 Å². The molecule has 1 unspecified atom stereocenters. The third kappa shape index (κ3) is 3.82. The van der Waals surface area contributed by atoms with Crippen LogP contribution < -0.4 is 10.7 Å². The monoisotopic (exact) mass is 390 g/mol. The zero-order chi connectivity index (χ0) is 18.8. The molecule has 0 saturated heterocycles. The van der Waals surface area contributed by atoms with Gasteiger partial charge in [0, 0.05) is 22.5 Å². The molecule has 0 aliphatic heterocycles. The number of hydrogen-bond donors (Lipinski definition) is 1. The number of thiophene rings is 1. The molecule has 7 heteroatoms. The van der Waals surface area contributed by atoms with Crippen LogP contribution in [-0.4, -0.2) is 31.4 Å². The van der Waals surface area contributed by atoms with Gasteiger partial charge in [0.25, 0.3) is 5.91 Å². The van der Waals surface area contributed by atoms with Crippen molar-refractivity contribution in [3.05, 3.63) is 67.2 Å². The Morgan fingerprint density at radius 3 is 2.77 bits per heavy atom. The summed E-state index contributed by atoms with van der Waals surface area (Å²) in [5.41, 5.74) is 0.845. The Bertz CT molecular complexity index is 996. The fourth-order valence-corrected chi connectivity index (χ4v) is 3.77. The minimum atomic E-state index is -0.417. The number of nitrogens with one attached hydrogen (secondary N) is 1. The molecule has 136 valence electrons. The molecule has 1 N–H and O–H groups in total. The van der Waals surface area contributed by atoms with E-state index in [-0.39, 0.29) is 17.2 Å². The Kier molecular flexibility index (Phi) is 5.46. The molecule has 2 aromatic heterocycles. The summed E-state index contributed by atoms with van der Waals surface area (Å²) in [4.78, 5) is 28.0. The van der Waals surface area contributed by atoms with Gasteiger partial charge in [-0.15, -0.1) is 11.3 Å². The zero-order valence-electron chi connectivity index (χ0n) is 14.7. The van der Waals surface area contributed by atoms with Gasteiger partial charge in [-0.05, 0) is 50.2 Å². The van der Waals surface area contributed by atoms with Gasteiger partial charge in [-0.1, -0.05) is 17.7 Å². The molecule has 0 spiro atoms. The van der Waals surface area contributed by atoms with Crippen molar-refractivity contribution in [2.75, 3.05) is 20.6 Å². The molecule has 0 radical (unpaired) electrons. The van der Waals surface area contributed by atoms with Crippen LogP contribution in [0.2, 0.25) is 5.02 Å². The summed E-state index contributed by atoms with van der Waals surface area (Å²) >= 11 is 7.70. The number of nitrogens with zero attached hydrogens (tertiary/aromatic N) is 1. The predicted molar refractivity (Wildman–Crippen MR) is 105 cm³/mol. The molecule has 0 bridgehead atoms. The summed E-state index contributed by atoms with van der Waals surface area (Å²) in [5, 5.41) is 5.71. The van der Waals surface area contributed by atoms with Crippen molar-refractivity contribution in [1.82, 2.24) is 10.2 Å². The van der Waals surface area contributed by atoms with Crippen LogP contribution in [0.4, 0.5) is 0 Å². The van der Waals surface area contributed by atoms with Crippen molar-refractivity contribution in [3.8, 4) is 0 Å². The summed E-state index contributed by atoms with van der Waals surface area (Å²) < 4.78 is 5.64. The molecule has 3 rings (SSSR count). The normalized spacial score (nSPS) is 12.5. The molecule has 3 aromatic rings. The number of carbonyl (C=O) groups is 1. The minimum Gasteiger partial charge on any atom is -0.451 e. The first-order valence-corrected chi connectivity index (χ1v) is 9.34. The predicted octanol–water partition coefficient (Wildman–Crippen LogP) is 3.85. The average Bonchev–Trinajstić information content (AvgIpc) is 3.10. The second kappa shape index (κ2) is 7.61. The molecule has 5 nitrogen and oxygen atoms in total. The molecule has 1 amide bonds. The number of benzene rings is 1. The van der Waals surface area contributed by atoms with Crippen molar-refractivity contribution in [3.63, 3.8) is 0 Å². The van der Waals surface area contributed by atoms with Gasteiger partial charge in [-0.3, -0.25) is 9.59 Å². The summed E-state index contributed by atoms with van der Waals surface area (Å²) in [6.45, 7) is 2.23. The largest absolute Gasteiger partial charge is 0.451 e. The highest BCUT2D eigenvalue weighted by Crippen LogP contribution is 2.23. The van der Waals surface area contributed by atoms with Gasteiger partial charge in [-0.2, -0.15) is 0 Å². The lowest BCUT2D eigenvalue weighted by Gasteiger charge is -2.23. The lowest BCUT2D eigenvalue weighted by atomic mass is 10.1. The maximum absolute atomic E-state index is 12.5. The topological polar surface area (TPSA) is 62.6 Å². The third-order valence-electron chi connectivity index (χ3n) is 4.18. The molecule has 0 aliphatic rings. The van der Waals surface area contributed by atoms with Gasteiger partial charge in [0.2, 0.25) is 0 Å². The quantitative estimate of drug-likeness (QED) is 0.718. The van der Waals surface area contributed by atoms with Gasteiger partial charge in [-0.25, -0.2) is 0 Å². The Morgan fingerprint density at radius 1 is 1.35 bits per heavy atom. The SMILES string of the molecule is Cc1cc2oc(C(=O)NCC(c3cccs3)N(C)C)cc(=O)c2cc1Cl. The van der Waals surface area contributed by atoms with E-state index in [2.05, 4.69) is 5.32 Å². The number of likely N-dealkylation sites (N-methyl/N-ethyl adjacent to an activating group) is 1. The highest BCUT2D eigenvalue weighted by molar-refractivity contribution is 7.10. The van der Waals surface area contributed by atoms with Crippen molar-refractivity contribution in [2.24, 2.45) is 0 Å². The van der Waals surface area contributed by atoms with E-state index >= 15 is 0 Å². The van der Waals surface area contributed by atoms with Gasteiger partial charge in [0.15, 0.2) is 11.2 Å². The third-order valence-corrected chi connectivity index (χ3v) is 5.56. The fourth-order valence-electron chi connectivity index (χ4n) is 2.68. The molecular weight excluding hydrogens is 372 g/mol. The Hall–Kier alpha value is -2.15. The van der Waals surface area contributed by atoms with E-state index in [0.717, 1.165) is 10.4 Å². The lowest BCUT2D eigenvalue weighted by Crippen LogP contribution is -2.34. The fraction of sp³-hybridized carbons (Fsp3) is 0.263. The van der Waals surface area contributed by atoms with Crippen molar-refractivity contribution >= 4 is 39.8 Å². The van der Waals surface area contributed by atoms with Crippen molar-refractivity contribution in [2.45, 2.75) is 13.0 Å². The van der Waals surface area contributed by atoms with Crippen LogP contribution in [0.5, 0.6) is 0 Å². The number of fused-ring (bicyclic) bond motifs is 1. The molecular formula is C19H19ClN2O3S. The van der Waals surface area contributed by atoms with Crippen molar-refractivity contribution in [1.29, 1.82) is 0 Å². The van der Waals surface area contributed by atoms with E-state index in [1.807, 2.05) is 43.4 Å². The lowest BCUT2D eigenvalue weighted by molar-refractivity contribution is 0.0915. The molecule has 0 fully saturated rings. The van der Waals surface area contributed by atoms with Crippen LogP contribution in [0.15, 0.2) is 44.9 Å². The molecule has 2 heterocycles. The number of carbonyl (C=O) groups excluding carboxylic acids is 1. The number of halogens is 1. The number of aryl methyl sites for hydroxylation is 1. The smallest absolute Gasteiger partial charge is 0.287 e. The zero-order valence-corrected chi connectivity index (χ0v) is 16.3.